The van der Waals surface area contributed by atoms with E-state index in [4.69, 9.17) is 10.5 Å². The molecule has 0 aliphatic carbocycles. The highest BCUT2D eigenvalue weighted by molar-refractivity contribution is 9.10. The minimum Gasteiger partial charge on any atom is -0.496 e. The van der Waals surface area contributed by atoms with Crippen LogP contribution >= 0.6 is 28.3 Å². The van der Waals surface area contributed by atoms with Crippen LogP contribution in [0.15, 0.2) is 83.3 Å². The molecule has 4 aromatic rings. The molecule has 2 atom stereocenters. The van der Waals surface area contributed by atoms with Gasteiger partial charge in [-0.25, -0.2) is 0 Å². The lowest BCUT2D eigenvalue weighted by Crippen LogP contribution is -2.55. The predicted octanol–water partition coefficient (Wildman–Crippen LogP) is 5.26. The molecule has 11 heteroatoms. The quantitative estimate of drug-likeness (QED) is 0.257. The number of amides is 3. The summed E-state index contributed by atoms with van der Waals surface area (Å²) in [5.41, 5.74) is 8.43. The van der Waals surface area contributed by atoms with Crippen LogP contribution in [0.5, 0.6) is 5.75 Å². The van der Waals surface area contributed by atoms with Crippen LogP contribution in [0.3, 0.4) is 0 Å². The van der Waals surface area contributed by atoms with Gasteiger partial charge < -0.3 is 25.6 Å². The van der Waals surface area contributed by atoms with Crippen molar-refractivity contribution >= 4 is 74.0 Å². The number of nitrogens with one attached hydrogen (secondary N) is 1. The molecule has 1 aliphatic heterocycles. The van der Waals surface area contributed by atoms with Gasteiger partial charge in [-0.3, -0.25) is 19.2 Å². The van der Waals surface area contributed by atoms with E-state index in [0.717, 1.165) is 20.8 Å². The summed E-state index contributed by atoms with van der Waals surface area (Å²) in [4.78, 5) is 56.0. The fraction of sp³-hybridized carbons (Fsp3) is 0.212. The zero-order chi connectivity index (χ0) is 30.8. The van der Waals surface area contributed by atoms with Crippen molar-refractivity contribution in [1.29, 1.82) is 0 Å². The predicted molar refractivity (Wildman–Crippen MR) is 177 cm³/mol. The first kappa shape index (κ1) is 32.7. The molecule has 228 valence electrons. The van der Waals surface area contributed by atoms with Crippen LogP contribution in [-0.2, 0) is 16.1 Å². The minimum atomic E-state index is -1.10. The van der Waals surface area contributed by atoms with E-state index in [-0.39, 0.29) is 37.2 Å². The molecular formula is C33H32BrClN4O5. The number of anilines is 2. The van der Waals surface area contributed by atoms with Gasteiger partial charge in [0.05, 0.1) is 37.6 Å². The highest BCUT2D eigenvalue weighted by Gasteiger charge is 2.38. The summed E-state index contributed by atoms with van der Waals surface area (Å²) in [6.45, 7) is 2.97. The molecule has 1 aliphatic rings. The van der Waals surface area contributed by atoms with Crippen LogP contribution in [0.2, 0.25) is 0 Å². The SMILES string of the molecule is COc1ccc2cc(Br)ccc2c1CN1C(=O)[C@@H](NC(=O)[C@H](C)N)CN(C(=O)c2ccc(C(C)=O)cc2)c2ccccc21.Cl. The van der Waals surface area contributed by atoms with E-state index >= 15 is 0 Å². The van der Waals surface area contributed by atoms with Gasteiger partial charge in [-0.2, -0.15) is 0 Å². The summed E-state index contributed by atoms with van der Waals surface area (Å²) < 4.78 is 6.64. The monoisotopic (exact) mass is 678 g/mol. The number of carbonyl (C=O) groups excluding carboxylic acids is 4. The van der Waals surface area contributed by atoms with E-state index in [0.29, 0.717) is 28.3 Å². The number of ether oxygens (including phenoxy) is 1. The Kier molecular flexibility index (Phi) is 10.1. The minimum absolute atomic E-state index is 0. The maximum Gasteiger partial charge on any atom is 0.258 e. The molecule has 0 saturated carbocycles. The van der Waals surface area contributed by atoms with E-state index in [2.05, 4.69) is 21.2 Å². The maximum atomic E-state index is 14.3. The Bertz CT molecular complexity index is 1740. The van der Waals surface area contributed by atoms with Gasteiger partial charge >= 0.3 is 0 Å². The van der Waals surface area contributed by atoms with Crippen molar-refractivity contribution in [1.82, 2.24) is 5.32 Å². The normalized spacial score (nSPS) is 15.1. The van der Waals surface area contributed by atoms with E-state index < -0.39 is 23.9 Å². The molecular weight excluding hydrogens is 648 g/mol. The van der Waals surface area contributed by atoms with Crippen molar-refractivity contribution in [3.05, 3.63) is 100 Å². The smallest absolute Gasteiger partial charge is 0.258 e. The average Bonchev–Trinajstić information content (AvgIpc) is 3.11. The average molecular weight is 680 g/mol. The summed E-state index contributed by atoms with van der Waals surface area (Å²) in [5.74, 6) is -0.825. The number of halogens is 2. The Hall–Kier alpha value is -4.25. The van der Waals surface area contributed by atoms with Crippen molar-refractivity contribution < 1.29 is 23.9 Å². The summed E-state index contributed by atoms with van der Waals surface area (Å²) in [7, 11) is 1.57. The zero-order valence-corrected chi connectivity index (χ0v) is 26.8. The number of rotatable bonds is 7. The summed E-state index contributed by atoms with van der Waals surface area (Å²) >= 11 is 3.52. The van der Waals surface area contributed by atoms with Gasteiger partial charge in [0.1, 0.15) is 11.8 Å². The standard InChI is InChI=1S/C33H31BrN4O5.ClH/c1-19(35)31(40)36-27-18-38(32(41)22-10-8-21(9-11-22)20(2)39)29-7-5-4-6-28(29)37(33(27)42)17-26-25-14-13-24(34)16-23(25)12-15-30(26)43-3;/h4-16,19,27H,17-18,35H2,1-3H3,(H,36,40);1H/t19-,27-;/m0./s1. The fourth-order valence-corrected chi connectivity index (χ4v) is 5.59. The molecule has 0 unspecified atom stereocenters. The van der Waals surface area contributed by atoms with E-state index in [1.807, 2.05) is 30.3 Å². The molecule has 1 heterocycles. The van der Waals surface area contributed by atoms with E-state index in [1.165, 1.54) is 18.7 Å². The van der Waals surface area contributed by atoms with Crippen LogP contribution in [-0.4, -0.2) is 49.2 Å². The third kappa shape index (κ3) is 6.47. The first-order valence-corrected chi connectivity index (χ1v) is 14.5. The molecule has 3 N–H and O–H groups in total. The molecule has 9 nitrogen and oxygen atoms in total. The van der Waals surface area contributed by atoms with Crippen LogP contribution in [0.25, 0.3) is 10.8 Å². The fourth-order valence-electron chi connectivity index (χ4n) is 5.21. The molecule has 0 aromatic heterocycles. The van der Waals surface area contributed by atoms with Gasteiger partial charge in [0.2, 0.25) is 5.91 Å². The third-order valence-electron chi connectivity index (χ3n) is 7.49. The largest absolute Gasteiger partial charge is 0.496 e. The lowest BCUT2D eigenvalue weighted by molar-refractivity contribution is -0.127. The Balaban J connectivity index is 0.00000442. The van der Waals surface area contributed by atoms with Crippen molar-refractivity contribution in [2.75, 3.05) is 23.5 Å². The maximum absolute atomic E-state index is 14.3. The van der Waals surface area contributed by atoms with E-state index in [1.54, 1.807) is 60.5 Å². The number of ketones is 1. The highest BCUT2D eigenvalue weighted by Crippen LogP contribution is 2.38. The molecule has 5 rings (SSSR count). The topological polar surface area (TPSA) is 122 Å². The van der Waals surface area contributed by atoms with Crippen LogP contribution < -0.4 is 25.6 Å². The Morgan fingerprint density at radius 1 is 1.00 bits per heavy atom. The molecule has 44 heavy (non-hydrogen) atoms. The van der Waals surface area contributed by atoms with E-state index in [9.17, 15) is 19.2 Å². The van der Waals surface area contributed by atoms with Crippen molar-refractivity contribution in [3.63, 3.8) is 0 Å². The lowest BCUT2D eigenvalue weighted by atomic mass is 10.0. The number of nitrogens with two attached hydrogens (primary N) is 1. The molecule has 3 amide bonds. The Labute approximate surface area is 269 Å². The number of nitrogens with zero attached hydrogens (tertiary/aromatic N) is 2. The molecule has 0 bridgehead atoms. The van der Waals surface area contributed by atoms with Gasteiger partial charge in [-0.1, -0.05) is 52.3 Å². The van der Waals surface area contributed by atoms with Gasteiger partial charge in [0, 0.05) is 21.2 Å². The van der Waals surface area contributed by atoms with Gasteiger partial charge in [-0.05, 0) is 67.1 Å². The highest BCUT2D eigenvalue weighted by atomic mass is 79.9. The first-order valence-electron chi connectivity index (χ1n) is 13.7. The van der Waals surface area contributed by atoms with Gasteiger partial charge in [0.15, 0.2) is 5.78 Å². The second-order valence-electron chi connectivity index (χ2n) is 10.4. The summed E-state index contributed by atoms with van der Waals surface area (Å²) in [6.07, 6.45) is 0. The first-order chi connectivity index (χ1) is 20.6. The molecule has 0 radical (unpaired) electrons. The van der Waals surface area contributed by atoms with Crippen molar-refractivity contribution in [2.45, 2.75) is 32.5 Å². The molecule has 4 aromatic carbocycles. The number of para-hydroxylation sites is 2. The number of benzene rings is 4. The summed E-state index contributed by atoms with van der Waals surface area (Å²) in [6, 6.07) is 21.2. The van der Waals surface area contributed by atoms with Crippen LogP contribution in [0.1, 0.15) is 40.1 Å². The Morgan fingerprint density at radius 2 is 1.66 bits per heavy atom. The second kappa shape index (κ2) is 13.6. The van der Waals surface area contributed by atoms with Crippen molar-refractivity contribution in [2.24, 2.45) is 5.73 Å². The van der Waals surface area contributed by atoms with Gasteiger partial charge in [-0.15, -0.1) is 12.4 Å². The number of Topliss-reactive ketones (excluding diaryl/α,β-unsaturated/α-hetero) is 1. The molecule has 0 fully saturated rings. The molecule has 0 spiro atoms. The number of hydrogen-bond acceptors (Lipinski definition) is 6. The second-order valence-corrected chi connectivity index (χ2v) is 11.3. The van der Waals surface area contributed by atoms with Gasteiger partial charge in [0.25, 0.3) is 11.8 Å². The zero-order valence-electron chi connectivity index (χ0n) is 24.4. The number of fused-ring (bicyclic) bond motifs is 2. The van der Waals surface area contributed by atoms with Crippen molar-refractivity contribution in [3.8, 4) is 5.75 Å². The van der Waals surface area contributed by atoms with Crippen LogP contribution in [0.4, 0.5) is 11.4 Å². The number of hydrogen-bond donors (Lipinski definition) is 2. The van der Waals surface area contributed by atoms with Crippen LogP contribution in [0, 0.1) is 0 Å². The third-order valence-corrected chi connectivity index (χ3v) is 7.99. The Morgan fingerprint density at radius 3 is 2.30 bits per heavy atom. The number of methoxy groups -OCH3 is 1. The molecule has 0 saturated heterocycles. The number of carbonyl (C=O) groups is 4. The summed E-state index contributed by atoms with van der Waals surface area (Å²) in [5, 5.41) is 4.61. The lowest BCUT2D eigenvalue weighted by Gasteiger charge is -2.27.